The highest BCUT2D eigenvalue weighted by Crippen LogP contribution is 2.17. The highest BCUT2D eigenvalue weighted by molar-refractivity contribution is 5.68. The van der Waals surface area contributed by atoms with Crippen LogP contribution in [0.25, 0.3) is 0 Å². The number of nitrogens with zero attached hydrogens (tertiary/aromatic N) is 2. The number of amides is 1. The van der Waals surface area contributed by atoms with Crippen molar-refractivity contribution in [2.75, 3.05) is 27.0 Å². The Kier molecular flexibility index (Phi) is 1.78. The number of carbonyl (C=O) groups is 1. The zero-order chi connectivity index (χ0) is 16.6. The maximum absolute atomic E-state index is 11.9. The van der Waals surface area contributed by atoms with Crippen LogP contribution in [0.2, 0.25) is 0 Å². The first kappa shape index (κ1) is 6.09. The van der Waals surface area contributed by atoms with E-state index in [4.69, 9.17) is 13.0 Å². The molecule has 1 aliphatic heterocycles. The number of likely N-dealkylation sites (tertiary alicyclic amines) is 1. The predicted octanol–water partition coefficient (Wildman–Crippen LogP) is 1.56. The number of carbonyl (C=O) groups excluding carboxylic acids is 1. The lowest BCUT2D eigenvalue weighted by Crippen LogP contribution is -2.37. The Bertz CT molecular complexity index is 374. The van der Waals surface area contributed by atoms with Gasteiger partial charge in [0.05, 0.1) is 0 Å². The average molecular weight is 220 g/mol. The van der Waals surface area contributed by atoms with Crippen LogP contribution < -0.4 is 0 Å². The van der Waals surface area contributed by atoms with Gasteiger partial charge in [-0.1, -0.05) is 0 Å². The molecule has 0 N–H and O–H groups in total. The number of likely N-dealkylation sites (N-methyl/N-ethyl adjacent to an activating group) is 1. The van der Waals surface area contributed by atoms with Gasteiger partial charge in [0.1, 0.15) is 5.60 Å². The van der Waals surface area contributed by atoms with Crippen LogP contribution in [0.3, 0.4) is 0 Å². The van der Waals surface area contributed by atoms with E-state index in [2.05, 4.69) is 0 Å². The minimum atomic E-state index is -2.74. The second-order valence-electron chi connectivity index (χ2n) is 4.74. The summed E-state index contributed by atoms with van der Waals surface area (Å²) in [5, 5.41) is 0. The molecular weight excluding hydrogens is 192 g/mol. The van der Waals surface area contributed by atoms with Crippen LogP contribution in [0.15, 0.2) is 0 Å². The summed E-state index contributed by atoms with van der Waals surface area (Å²) in [7, 11) is 0. The maximum Gasteiger partial charge on any atom is 0.410 e. The van der Waals surface area contributed by atoms with Crippen molar-refractivity contribution in [3.63, 3.8) is 0 Å². The van der Waals surface area contributed by atoms with Gasteiger partial charge in [0.15, 0.2) is 0 Å². The van der Waals surface area contributed by atoms with Crippen LogP contribution >= 0.6 is 0 Å². The third-order valence-corrected chi connectivity index (χ3v) is 2.18. The lowest BCUT2D eigenvalue weighted by molar-refractivity contribution is 0.0285. The Morgan fingerprint density at radius 1 is 1.53 bits per heavy atom. The first-order chi connectivity index (χ1) is 9.22. The number of ether oxygens (including phenoxy) is 1. The molecular formula is C11H22N2O2. The van der Waals surface area contributed by atoms with Crippen molar-refractivity contribution in [2.45, 2.75) is 38.8 Å². The van der Waals surface area contributed by atoms with Crippen molar-refractivity contribution in [2.24, 2.45) is 0 Å². The van der Waals surface area contributed by atoms with Crippen molar-refractivity contribution < 1.29 is 17.8 Å². The molecule has 4 heteroatoms. The van der Waals surface area contributed by atoms with E-state index in [-0.39, 0.29) is 19.5 Å². The fourth-order valence-corrected chi connectivity index (χ4v) is 1.44. The van der Waals surface area contributed by atoms with Gasteiger partial charge in [-0.3, -0.25) is 0 Å². The molecule has 0 spiro atoms. The highest BCUT2D eigenvalue weighted by atomic mass is 16.6. The molecule has 15 heavy (non-hydrogen) atoms. The van der Waals surface area contributed by atoms with Crippen LogP contribution in [0, 0.1) is 0 Å². The summed E-state index contributed by atoms with van der Waals surface area (Å²) < 4.78 is 49.6. The van der Waals surface area contributed by atoms with Gasteiger partial charge in [-0.2, -0.15) is 0 Å². The van der Waals surface area contributed by atoms with Crippen molar-refractivity contribution in [1.82, 2.24) is 9.80 Å². The van der Waals surface area contributed by atoms with Gasteiger partial charge in [-0.15, -0.1) is 0 Å². The van der Waals surface area contributed by atoms with Crippen LogP contribution in [0.4, 0.5) is 4.79 Å². The molecule has 1 heterocycles. The van der Waals surface area contributed by atoms with Gasteiger partial charge in [-0.05, 0) is 41.1 Å². The summed E-state index contributed by atoms with van der Waals surface area (Å²) in [5.74, 6) is 0. The summed E-state index contributed by atoms with van der Waals surface area (Å²) in [4.78, 5) is 13.8. The maximum atomic E-state index is 11.9. The first-order valence-corrected chi connectivity index (χ1v) is 4.99. The third-order valence-electron chi connectivity index (χ3n) is 2.18. The fourth-order valence-electron chi connectivity index (χ4n) is 1.44. The summed E-state index contributed by atoms with van der Waals surface area (Å²) in [6.07, 6.45) is -0.267. The van der Waals surface area contributed by atoms with Crippen LogP contribution in [-0.2, 0) is 4.74 Å². The molecule has 1 amide bonds. The third kappa shape index (κ3) is 3.70. The average Bonchev–Trinajstić information content (AvgIpc) is 2.58. The molecule has 0 aliphatic carbocycles. The highest BCUT2D eigenvalue weighted by Gasteiger charge is 2.30. The van der Waals surface area contributed by atoms with E-state index in [0.29, 0.717) is 4.90 Å². The van der Waals surface area contributed by atoms with Crippen molar-refractivity contribution >= 4 is 6.09 Å². The van der Waals surface area contributed by atoms with Crippen molar-refractivity contribution in [1.29, 1.82) is 0 Å². The summed E-state index contributed by atoms with van der Waals surface area (Å²) >= 11 is 0. The molecule has 0 radical (unpaired) electrons. The van der Waals surface area contributed by atoms with Gasteiger partial charge < -0.3 is 14.5 Å². The van der Waals surface area contributed by atoms with Gasteiger partial charge >= 0.3 is 6.09 Å². The molecule has 0 aromatic heterocycles. The van der Waals surface area contributed by atoms with Gasteiger partial charge in [0.25, 0.3) is 0 Å². The molecule has 0 bridgehead atoms. The van der Waals surface area contributed by atoms with Crippen LogP contribution in [-0.4, -0.2) is 54.6 Å². The van der Waals surface area contributed by atoms with E-state index in [1.165, 1.54) is 4.90 Å². The first-order valence-electron chi connectivity index (χ1n) is 7.99. The van der Waals surface area contributed by atoms with E-state index in [9.17, 15) is 4.79 Å². The minimum Gasteiger partial charge on any atom is -0.444 e. The quantitative estimate of drug-likeness (QED) is 0.672. The summed E-state index contributed by atoms with van der Waals surface area (Å²) in [5.41, 5.74) is -0.650. The standard InChI is InChI=1S/C11H22N2O2/c1-11(2,3)15-10(14)13-7-6-9(8-13)12(4)5/h9H,6-8H2,1-5H3/i4D3,5D3. The Morgan fingerprint density at radius 3 is 2.73 bits per heavy atom. The van der Waals surface area contributed by atoms with E-state index in [0.717, 1.165) is 0 Å². The van der Waals surface area contributed by atoms with E-state index in [1.807, 2.05) is 0 Å². The number of hydrogen-bond donors (Lipinski definition) is 0. The second-order valence-corrected chi connectivity index (χ2v) is 4.74. The van der Waals surface area contributed by atoms with E-state index in [1.54, 1.807) is 20.8 Å². The van der Waals surface area contributed by atoms with Crippen LogP contribution in [0.1, 0.15) is 35.4 Å². The van der Waals surface area contributed by atoms with Gasteiger partial charge in [0, 0.05) is 27.4 Å². The Morgan fingerprint density at radius 2 is 2.20 bits per heavy atom. The molecule has 88 valence electrons. The molecule has 0 saturated carbocycles. The van der Waals surface area contributed by atoms with E-state index >= 15 is 0 Å². The van der Waals surface area contributed by atoms with Gasteiger partial charge in [-0.25, -0.2) is 4.79 Å². The molecule has 1 fully saturated rings. The van der Waals surface area contributed by atoms with E-state index < -0.39 is 31.7 Å². The Labute approximate surface area is 101 Å². The van der Waals surface area contributed by atoms with Crippen LogP contribution in [0.5, 0.6) is 0 Å². The molecule has 1 rings (SSSR count). The monoisotopic (exact) mass is 220 g/mol. The number of hydrogen-bond acceptors (Lipinski definition) is 3. The summed E-state index contributed by atoms with van der Waals surface area (Å²) in [6.45, 7) is 0.0362. The molecule has 4 nitrogen and oxygen atoms in total. The molecule has 1 saturated heterocycles. The van der Waals surface area contributed by atoms with Crippen molar-refractivity contribution in [3.8, 4) is 0 Å². The molecule has 0 aromatic rings. The Balaban J connectivity index is 2.78. The number of rotatable bonds is 1. The molecule has 1 aliphatic rings. The zero-order valence-corrected chi connectivity index (χ0v) is 9.41. The Hall–Kier alpha value is -0.770. The summed E-state index contributed by atoms with van der Waals surface area (Å²) in [6, 6.07) is -0.738. The predicted molar refractivity (Wildman–Crippen MR) is 59.9 cm³/mol. The zero-order valence-electron chi connectivity index (χ0n) is 15.4. The normalized spacial score (nSPS) is 29.9. The largest absolute Gasteiger partial charge is 0.444 e. The molecule has 0 aromatic carbocycles. The molecule has 1 atom stereocenters. The fraction of sp³-hybridized carbons (Fsp3) is 0.909. The smallest absolute Gasteiger partial charge is 0.410 e. The van der Waals surface area contributed by atoms with Crippen molar-refractivity contribution in [3.05, 3.63) is 0 Å². The minimum absolute atomic E-state index is 0.0334. The second kappa shape index (κ2) is 4.39. The SMILES string of the molecule is [2H]C([2H])([2H])N(C1CCN(C(=O)OC(C)(C)C)C1)C([2H])([2H])[2H]. The van der Waals surface area contributed by atoms with Gasteiger partial charge in [0.2, 0.25) is 0 Å². The lowest BCUT2D eigenvalue weighted by Gasteiger charge is -2.25. The topological polar surface area (TPSA) is 32.8 Å². The lowest BCUT2D eigenvalue weighted by atomic mass is 10.2. The molecule has 1 unspecified atom stereocenters.